The van der Waals surface area contributed by atoms with Crippen LogP contribution in [0.15, 0.2) is 78.9 Å². The van der Waals surface area contributed by atoms with Crippen molar-refractivity contribution in [2.45, 2.75) is 77.6 Å². The monoisotopic (exact) mass is 656 g/mol. The number of likely N-dealkylation sites (tertiary alicyclic amines) is 1. The zero-order valence-corrected chi connectivity index (χ0v) is 28.2. The van der Waals surface area contributed by atoms with Crippen LogP contribution in [-0.4, -0.2) is 61.0 Å². The Morgan fingerprint density at radius 2 is 1.56 bits per heavy atom. The summed E-state index contributed by atoms with van der Waals surface area (Å²) in [7, 11) is 1.59. The van der Waals surface area contributed by atoms with Gasteiger partial charge in [-0.05, 0) is 79.3 Å². The molecule has 10 heteroatoms. The normalized spacial score (nSPS) is 15.5. The van der Waals surface area contributed by atoms with Crippen molar-refractivity contribution in [3.8, 4) is 5.75 Å². The molecule has 1 aliphatic heterocycles. The molecule has 1 unspecified atom stereocenters. The summed E-state index contributed by atoms with van der Waals surface area (Å²) >= 11 is 0. The lowest BCUT2D eigenvalue weighted by Crippen LogP contribution is -2.54. The Hall–Kier alpha value is -4.86. The third-order valence-electron chi connectivity index (χ3n) is 8.68. The van der Waals surface area contributed by atoms with E-state index in [0.717, 1.165) is 35.1 Å². The molecule has 0 bridgehead atoms. The Morgan fingerprint density at radius 3 is 2.25 bits per heavy atom. The highest BCUT2D eigenvalue weighted by Crippen LogP contribution is 2.18. The molecule has 1 saturated heterocycles. The molecule has 1 aliphatic rings. The van der Waals surface area contributed by atoms with Crippen LogP contribution in [0.4, 0.5) is 4.79 Å². The topological polar surface area (TPSA) is 126 Å². The van der Waals surface area contributed by atoms with E-state index in [2.05, 4.69) is 22.9 Å². The number of rotatable bonds is 15. The van der Waals surface area contributed by atoms with Gasteiger partial charge in [-0.2, -0.15) is 0 Å². The van der Waals surface area contributed by atoms with E-state index in [9.17, 15) is 19.2 Å². The summed E-state index contributed by atoms with van der Waals surface area (Å²) in [6, 6.07) is 22.6. The second-order valence-electron chi connectivity index (χ2n) is 12.5. The molecule has 48 heavy (non-hydrogen) atoms. The van der Waals surface area contributed by atoms with Gasteiger partial charge >= 0.3 is 6.09 Å². The minimum Gasteiger partial charge on any atom is -0.497 e. The fraction of sp³-hybridized carbons (Fsp3) is 0.421. The van der Waals surface area contributed by atoms with Gasteiger partial charge in [0.1, 0.15) is 24.4 Å². The molecular formula is C38H48N4O6. The van der Waals surface area contributed by atoms with Crippen molar-refractivity contribution in [2.75, 3.05) is 20.2 Å². The summed E-state index contributed by atoms with van der Waals surface area (Å²) in [6.45, 7) is 5.70. The van der Waals surface area contributed by atoms with Crippen molar-refractivity contribution < 1.29 is 28.7 Å². The Kier molecular flexibility index (Phi) is 13.8. The second kappa shape index (κ2) is 18.5. The van der Waals surface area contributed by atoms with Crippen molar-refractivity contribution in [3.63, 3.8) is 0 Å². The molecule has 3 aromatic carbocycles. The van der Waals surface area contributed by atoms with E-state index in [1.807, 2.05) is 90.7 Å². The quantitative estimate of drug-likeness (QED) is 0.210. The summed E-state index contributed by atoms with van der Waals surface area (Å²) in [6.07, 6.45) is 2.24. The lowest BCUT2D eigenvalue weighted by atomic mass is 9.99. The number of nitrogens with one attached hydrogen (secondary N) is 3. The smallest absolute Gasteiger partial charge is 0.408 e. The Morgan fingerprint density at radius 1 is 0.875 bits per heavy atom. The molecule has 3 aromatic rings. The molecule has 3 atom stereocenters. The first kappa shape index (κ1) is 36.0. The standard InChI is InChI=1S/C38H48N4O6/c1-27-11-10-22-42(25-27)35(43)21-20-34(41-38(46)48-26-30-14-8-5-9-15-30)37(45)40-33(19-17-29-12-6-4-7-13-29)36(44)39-24-31-23-32(47-3)18-16-28(31)2/h4-9,12-16,18,23,27,33-34H,10-11,17,19-22,24-26H2,1-3H3,(H,39,44)(H,40,45)(H,41,46)/t27?,33-,34-/m0/s1. The summed E-state index contributed by atoms with van der Waals surface area (Å²) < 4.78 is 10.8. The fourth-order valence-corrected chi connectivity index (χ4v) is 5.79. The number of piperidine rings is 1. The molecule has 0 radical (unpaired) electrons. The highest BCUT2D eigenvalue weighted by molar-refractivity contribution is 5.91. The van der Waals surface area contributed by atoms with Gasteiger partial charge < -0.3 is 30.3 Å². The zero-order valence-electron chi connectivity index (χ0n) is 28.2. The van der Waals surface area contributed by atoms with Crippen molar-refractivity contribution in [1.82, 2.24) is 20.9 Å². The number of hydrogen-bond donors (Lipinski definition) is 3. The number of methoxy groups -OCH3 is 1. The SMILES string of the molecule is COc1ccc(C)c(CNC(=O)[C@H](CCc2ccccc2)NC(=O)[C@H](CCC(=O)N2CCCC(C)C2)NC(=O)OCc2ccccc2)c1. The Balaban J connectivity index is 1.46. The molecule has 4 rings (SSSR count). The molecule has 256 valence electrons. The van der Waals surface area contributed by atoms with Crippen LogP contribution in [0.5, 0.6) is 5.75 Å². The molecule has 10 nitrogen and oxygen atoms in total. The number of ether oxygens (including phenoxy) is 2. The van der Waals surface area contributed by atoms with Gasteiger partial charge in [-0.1, -0.05) is 73.7 Å². The average Bonchev–Trinajstić information content (AvgIpc) is 3.11. The molecule has 1 fully saturated rings. The first-order chi connectivity index (χ1) is 23.2. The molecule has 3 N–H and O–H groups in total. The predicted octanol–water partition coefficient (Wildman–Crippen LogP) is 5.07. The van der Waals surface area contributed by atoms with E-state index in [0.29, 0.717) is 37.6 Å². The van der Waals surface area contributed by atoms with Crippen LogP contribution in [0.25, 0.3) is 0 Å². The third-order valence-corrected chi connectivity index (χ3v) is 8.68. The van der Waals surface area contributed by atoms with Gasteiger partial charge in [-0.3, -0.25) is 14.4 Å². The van der Waals surface area contributed by atoms with Gasteiger partial charge in [0.25, 0.3) is 0 Å². The van der Waals surface area contributed by atoms with E-state index in [-0.39, 0.29) is 37.8 Å². The van der Waals surface area contributed by atoms with Crippen molar-refractivity contribution in [3.05, 3.63) is 101 Å². The van der Waals surface area contributed by atoms with E-state index in [1.165, 1.54) is 0 Å². The number of benzene rings is 3. The molecule has 4 amide bonds. The van der Waals surface area contributed by atoms with Crippen LogP contribution in [0.1, 0.15) is 61.3 Å². The molecule has 0 aliphatic carbocycles. The first-order valence-corrected chi connectivity index (χ1v) is 16.7. The fourth-order valence-electron chi connectivity index (χ4n) is 5.79. The minimum absolute atomic E-state index is 0.0252. The van der Waals surface area contributed by atoms with Gasteiger partial charge in [0.15, 0.2) is 0 Å². The number of alkyl carbamates (subject to hydrolysis) is 1. The van der Waals surface area contributed by atoms with Gasteiger partial charge in [0.2, 0.25) is 17.7 Å². The van der Waals surface area contributed by atoms with E-state index in [1.54, 1.807) is 7.11 Å². The summed E-state index contributed by atoms with van der Waals surface area (Å²) in [5.41, 5.74) is 3.70. The number of carbonyl (C=O) groups is 4. The summed E-state index contributed by atoms with van der Waals surface area (Å²) in [5, 5.41) is 8.51. The highest BCUT2D eigenvalue weighted by atomic mass is 16.5. The maximum Gasteiger partial charge on any atom is 0.408 e. The van der Waals surface area contributed by atoms with Crippen molar-refractivity contribution in [2.24, 2.45) is 5.92 Å². The minimum atomic E-state index is -1.09. The van der Waals surface area contributed by atoms with E-state index < -0.39 is 24.1 Å². The molecule has 1 heterocycles. The van der Waals surface area contributed by atoms with Gasteiger partial charge in [0.05, 0.1) is 7.11 Å². The Labute approximate surface area is 283 Å². The van der Waals surface area contributed by atoms with Crippen LogP contribution in [-0.2, 0) is 38.7 Å². The predicted molar refractivity (Wildman–Crippen MR) is 184 cm³/mol. The maximum absolute atomic E-state index is 13.8. The maximum atomic E-state index is 13.8. The summed E-state index contributed by atoms with van der Waals surface area (Å²) in [5.74, 6) is 0.117. The third kappa shape index (κ3) is 11.4. The van der Waals surface area contributed by atoms with Crippen molar-refractivity contribution >= 4 is 23.8 Å². The van der Waals surface area contributed by atoms with Gasteiger partial charge in [-0.25, -0.2) is 4.79 Å². The molecule has 0 aromatic heterocycles. The van der Waals surface area contributed by atoms with E-state index in [4.69, 9.17) is 9.47 Å². The zero-order chi connectivity index (χ0) is 34.3. The van der Waals surface area contributed by atoms with Crippen molar-refractivity contribution in [1.29, 1.82) is 0 Å². The molecule has 0 saturated carbocycles. The van der Waals surface area contributed by atoms with Crippen LogP contribution >= 0.6 is 0 Å². The lowest BCUT2D eigenvalue weighted by molar-refractivity contribution is -0.134. The highest BCUT2D eigenvalue weighted by Gasteiger charge is 2.29. The number of hydrogen-bond acceptors (Lipinski definition) is 6. The molecule has 0 spiro atoms. The average molecular weight is 657 g/mol. The Bertz CT molecular complexity index is 1500. The second-order valence-corrected chi connectivity index (χ2v) is 12.5. The van der Waals surface area contributed by atoms with Crippen LogP contribution in [0, 0.1) is 12.8 Å². The number of aryl methyl sites for hydroxylation is 2. The van der Waals surface area contributed by atoms with Crippen LogP contribution in [0.3, 0.4) is 0 Å². The first-order valence-electron chi connectivity index (χ1n) is 16.7. The number of carbonyl (C=O) groups excluding carboxylic acids is 4. The summed E-state index contributed by atoms with van der Waals surface area (Å²) in [4.78, 5) is 55.3. The number of nitrogens with zero attached hydrogens (tertiary/aromatic N) is 1. The van der Waals surface area contributed by atoms with Gasteiger partial charge in [0, 0.05) is 26.1 Å². The number of amides is 4. The van der Waals surface area contributed by atoms with E-state index >= 15 is 0 Å². The van der Waals surface area contributed by atoms with Crippen LogP contribution in [0.2, 0.25) is 0 Å². The van der Waals surface area contributed by atoms with Crippen LogP contribution < -0.4 is 20.7 Å². The largest absolute Gasteiger partial charge is 0.497 e. The molecular weight excluding hydrogens is 608 g/mol. The van der Waals surface area contributed by atoms with Gasteiger partial charge in [-0.15, -0.1) is 0 Å². The lowest BCUT2D eigenvalue weighted by Gasteiger charge is -2.31.